The van der Waals surface area contributed by atoms with Gasteiger partial charge < -0.3 is 43.5 Å². The molecule has 10 nitrogen and oxygen atoms in total. The zero-order valence-electron chi connectivity index (χ0n) is 22.2. The number of halogens is 1. The first-order valence-corrected chi connectivity index (χ1v) is 11.6. The fourth-order valence-electron chi connectivity index (χ4n) is 3.12. The second kappa shape index (κ2) is 13.8. The maximum absolute atomic E-state index is 12.1. The summed E-state index contributed by atoms with van der Waals surface area (Å²) in [5.41, 5.74) is 0.898. The Morgan fingerprint density at radius 2 is 1.64 bits per heavy atom. The monoisotopic (exact) mass is 618 g/mol. The fourth-order valence-corrected chi connectivity index (χ4v) is 3.12. The van der Waals surface area contributed by atoms with E-state index in [4.69, 9.17) is 24.9 Å². The van der Waals surface area contributed by atoms with Gasteiger partial charge in [0, 0.05) is 6.54 Å². The van der Waals surface area contributed by atoms with Crippen LogP contribution < -0.4 is 44.6 Å². The minimum atomic E-state index is -1.02. The van der Waals surface area contributed by atoms with Crippen LogP contribution in [0.15, 0.2) is 36.7 Å². The van der Waals surface area contributed by atoms with Gasteiger partial charge in [0.25, 0.3) is 0 Å². The normalized spacial score (nSPS) is 12.3. The molecule has 0 aliphatic heterocycles. The van der Waals surface area contributed by atoms with Gasteiger partial charge >= 0.3 is 12.1 Å². The lowest BCUT2D eigenvalue weighted by molar-refractivity contribution is -0.753. The van der Waals surface area contributed by atoms with Crippen LogP contribution in [-0.4, -0.2) is 47.2 Å². The first kappa shape index (κ1) is 31.6. The topological polar surface area (TPSA) is 118 Å². The van der Waals surface area contributed by atoms with Crippen molar-refractivity contribution in [3.63, 3.8) is 0 Å². The van der Waals surface area contributed by atoms with E-state index in [1.54, 1.807) is 20.8 Å². The van der Waals surface area contributed by atoms with Crippen molar-refractivity contribution in [1.29, 1.82) is 0 Å². The van der Waals surface area contributed by atoms with Gasteiger partial charge in [-0.1, -0.05) is 12.1 Å². The fraction of sp³-hybridized carbons (Fsp3) is 0.560. The molecule has 3 N–H and O–H groups in total. The molecule has 1 atom stereocenters. The smallest absolute Gasteiger partial charge is 0.407 e. The molecule has 0 aliphatic rings. The number of rotatable bonds is 10. The van der Waals surface area contributed by atoms with Crippen LogP contribution in [0.1, 0.15) is 48.0 Å². The third kappa shape index (κ3) is 11.1. The quantitative estimate of drug-likeness (QED) is 0.125. The molecule has 0 aliphatic carbocycles. The van der Waals surface area contributed by atoms with Gasteiger partial charge in [0.2, 0.25) is 12.3 Å². The molecule has 0 fully saturated rings. The Kier molecular flexibility index (Phi) is 12.1. The first-order chi connectivity index (χ1) is 16.3. The average Bonchev–Trinajstić information content (AvgIpc) is 3.10. The SMILES string of the molecule is C[n+]1cc(-c2ccc(OCC(ON)C(=O)OC(C)(C)C)cc2)cn1CCCNC(=O)OC(C)(C)C.[I-]. The Balaban J connectivity index is 0.00000648. The van der Waals surface area contributed by atoms with Crippen molar-refractivity contribution in [2.75, 3.05) is 13.2 Å². The van der Waals surface area contributed by atoms with Crippen LogP contribution in [0.2, 0.25) is 0 Å². The van der Waals surface area contributed by atoms with Crippen LogP contribution in [0.4, 0.5) is 4.79 Å². The van der Waals surface area contributed by atoms with E-state index in [-0.39, 0.29) is 30.6 Å². The van der Waals surface area contributed by atoms with Crippen molar-refractivity contribution < 1.29 is 57.3 Å². The molecule has 2 aromatic rings. The van der Waals surface area contributed by atoms with Crippen molar-refractivity contribution in [3.05, 3.63) is 36.7 Å². The van der Waals surface area contributed by atoms with Crippen LogP contribution >= 0.6 is 0 Å². The lowest BCUT2D eigenvalue weighted by atomic mass is 10.1. The molecule has 11 heteroatoms. The maximum Gasteiger partial charge on any atom is 0.407 e. The van der Waals surface area contributed by atoms with Crippen LogP contribution in [0, 0.1) is 0 Å². The molecule has 0 spiro atoms. The number of amides is 1. The minimum absolute atomic E-state index is 0. The summed E-state index contributed by atoms with van der Waals surface area (Å²) in [6.07, 6.45) is 3.40. The minimum Gasteiger partial charge on any atom is -1.00 e. The highest BCUT2D eigenvalue weighted by atomic mass is 127. The molecule has 202 valence electrons. The van der Waals surface area contributed by atoms with Gasteiger partial charge in [0.15, 0.2) is 7.05 Å². The van der Waals surface area contributed by atoms with Gasteiger partial charge in [-0.3, -0.25) is 4.84 Å². The van der Waals surface area contributed by atoms with Gasteiger partial charge in [0.05, 0.1) is 18.3 Å². The lowest BCUT2D eigenvalue weighted by Gasteiger charge is -2.22. The second-order valence-electron chi connectivity index (χ2n) is 10.2. The third-order valence-corrected chi connectivity index (χ3v) is 4.67. The number of alkyl carbamates (subject to hydrolysis) is 1. The Bertz CT molecular complexity index is 980. The van der Waals surface area contributed by atoms with Crippen molar-refractivity contribution in [2.24, 2.45) is 12.9 Å². The molecule has 0 saturated heterocycles. The number of nitrogens with zero attached hydrogens (tertiary/aromatic N) is 2. The number of carbonyl (C=O) groups excluding carboxylic acids is 2. The number of nitrogens with two attached hydrogens (primary N) is 1. The standard InChI is InChI=1S/C25H38N4O6.HI/c1-24(2,3)33-22(30)21(35-26)17-32-20-11-9-18(10-12-20)19-15-28(7)29(16-19)14-8-13-27-23(31)34-25(4,5)6;/h9-12,15-16,21H,8,13-14,17,26H2,1-7H3;1H. The zero-order chi connectivity index (χ0) is 26.2. The number of ether oxygens (including phenoxy) is 3. The zero-order valence-corrected chi connectivity index (χ0v) is 24.3. The van der Waals surface area contributed by atoms with Crippen LogP contribution in [-0.2, 0) is 32.7 Å². The molecule has 1 unspecified atom stereocenters. The number of aromatic nitrogens is 2. The Morgan fingerprint density at radius 1 is 1.03 bits per heavy atom. The number of benzene rings is 1. The number of hydrogen-bond acceptors (Lipinski definition) is 7. The number of aryl methyl sites for hydroxylation is 2. The highest BCUT2D eigenvalue weighted by Crippen LogP contribution is 2.22. The number of hydrogen-bond donors (Lipinski definition) is 2. The maximum atomic E-state index is 12.1. The van der Waals surface area contributed by atoms with Crippen molar-refractivity contribution >= 4 is 12.1 Å². The van der Waals surface area contributed by atoms with E-state index in [9.17, 15) is 9.59 Å². The molecule has 1 amide bonds. The Labute approximate surface area is 230 Å². The van der Waals surface area contributed by atoms with E-state index in [1.807, 2.05) is 69.2 Å². The molecule has 36 heavy (non-hydrogen) atoms. The molecular formula is C25H39IN4O6. The van der Waals surface area contributed by atoms with Crippen molar-refractivity contribution in [1.82, 2.24) is 10.00 Å². The summed E-state index contributed by atoms with van der Waals surface area (Å²) >= 11 is 0. The van der Waals surface area contributed by atoms with E-state index in [1.165, 1.54) is 0 Å². The van der Waals surface area contributed by atoms with Crippen LogP contribution in [0.3, 0.4) is 0 Å². The molecular weight excluding hydrogens is 579 g/mol. The van der Waals surface area contributed by atoms with E-state index in [0.29, 0.717) is 12.3 Å². The van der Waals surface area contributed by atoms with Gasteiger partial charge in [0.1, 0.15) is 23.6 Å². The van der Waals surface area contributed by atoms with Crippen LogP contribution in [0.25, 0.3) is 11.1 Å². The lowest BCUT2D eigenvalue weighted by Crippen LogP contribution is -3.00. The van der Waals surface area contributed by atoms with Crippen molar-refractivity contribution in [2.45, 2.75) is 71.8 Å². The number of nitrogens with one attached hydrogen (secondary N) is 1. The predicted molar refractivity (Wildman–Crippen MR) is 130 cm³/mol. The molecule has 2 rings (SSSR count). The van der Waals surface area contributed by atoms with E-state index in [2.05, 4.69) is 10.00 Å². The van der Waals surface area contributed by atoms with Crippen molar-refractivity contribution in [3.8, 4) is 16.9 Å². The summed E-state index contributed by atoms with van der Waals surface area (Å²) in [6, 6.07) is 7.51. The largest absolute Gasteiger partial charge is 1.00 e. The molecule has 1 heterocycles. The van der Waals surface area contributed by atoms with Crippen LogP contribution in [0.5, 0.6) is 5.75 Å². The van der Waals surface area contributed by atoms with Gasteiger partial charge in [-0.2, -0.15) is 4.68 Å². The summed E-state index contributed by atoms with van der Waals surface area (Å²) in [5, 5.41) is 2.77. The Morgan fingerprint density at radius 3 is 2.19 bits per heavy atom. The molecule has 0 radical (unpaired) electrons. The summed E-state index contributed by atoms with van der Waals surface area (Å²) in [6.45, 7) is 12.0. The highest BCUT2D eigenvalue weighted by Gasteiger charge is 2.26. The number of carbonyl (C=O) groups is 2. The van der Waals surface area contributed by atoms with E-state index < -0.39 is 29.4 Å². The highest BCUT2D eigenvalue weighted by molar-refractivity contribution is 5.75. The van der Waals surface area contributed by atoms with E-state index >= 15 is 0 Å². The third-order valence-electron chi connectivity index (χ3n) is 4.67. The molecule has 0 bridgehead atoms. The molecule has 1 aromatic heterocycles. The summed E-state index contributed by atoms with van der Waals surface area (Å²) in [5.74, 6) is 5.25. The molecule has 1 aromatic carbocycles. The second-order valence-corrected chi connectivity index (χ2v) is 10.2. The summed E-state index contributed by atoms with van der Waals surface area (Å²) < 4.78 is 20.3. The van der Waals surface area contributed by atoms with Gasteiger partial charge in [-0.05, 0) is 65.7 Å². The Hall–Kier alpha value is -2.38. The number of esters is 1. The van der Waals surface area contributed by atoms with E-state index in [0.717, 1.165) is 24.1 Å². The predicted octanol–water partition coefficient (Wildman–Crippen LogP) is -0.122. The van der Waals surface area contributed by atoms with Gasteiger partial charge in [-0.25, -0.2) is 15.5 Å². The first-order valence-electron chi connectivity index (χ1n) is 11.6. The van der Waals surface area contributed by atoms with Gasteiger partial charge in [-0.15, -0.1) is 4.68 Å². The summed E-state index contributed by atoms with van der Waals surface area (Å²) in [4.78, 5) is 28.6. The average molecular weight is 619 g/mol. The molecule has 0 saturated carbocycles. The summed E-state index contributed by atoms with van der Waals surface area (Å²) in [7, 11) is 1.96.